The van der Waals surface area contributed by atoms with E-state index in [2.05, 4.69) is 10.3 Å². The second-order valence-corrected chi connectivity index (χ2v) is 6.65. The smallest absolute Gasteiger partial charge is 0.275 e. The largest absolute Gasteiger partial charge is 0.491 e. The van der Waals surface area contributed by atoms with Gasteiger partial charge in [-0.25, -0.2) is 4.99 Å². The van der Waals surface area contributed by atoms with Gasteiger partial charge in [0.05, 0.1) is 11.1 Å². The first-order valence-electron chi connectivity index (χ1n) is 7.76. The molecule has 6 heteroatoms. The lowest BCUT2D eigenvalue weighted by Gasteiger charge is -2.09. The molecule has 2 aromatic rings. The van der Waals surface area contributed by atoms with E-state index in [-0.39, 0.29) is 12.0 Å². The number of amidine groups is 1. The zero-order valence-corrected chi connectivity index (χ0v) is 15.2. The SMILES string of the molecule is CC(C)Oc1ccc(C=C2N=C(c3ccc(Cl)cc3Cl)NC2=O)cc1. The van der Waals surface area contributed by atoms with E-state index in [0.717, 1.165) is 11.3 Å². The molecule has 2 aromatic carbocycles. The molecule has 25 heavy (non-hydrogen) atoms. The average molecular weight is 375 g/mol. The van der Waals surface area contributed by atoms with Crippen molar-refractivity contribution in [2.24, 2.45) is 4.99 Å². The number of carbonyl (C=O) groups is 1. The average Bonchev–Trinajstić information content (AvgIpc) is 2.89. The fraction of sp³-hybridized carbons (Fsp3) is 0.158. The molecule has 128 valence electrons. The van der Waals surface area contributed by atoms with E-state index >= 15 is 0 Å². The summed E-state index contributed by atoms with van der Waals surface area (Å²) in [5.74, 6) is 0.923. The fourth-order valence-corrected chi connectivity index (χ4v) is 2.85. The summed E-state index contributed by atoms with van der Waals surface area (Å²) in [4.78, 5) is 16.5. The van der Waals surface area contributed by atoms with Crippen LogP contribution >= 0.6 is 23.2 Å². The Balaban J connectivity index is 1.85. The maximum Gasteiger partial charge on any atom is 0.275 e. The van der Waals surface area contributed by atoms with Crippen molar-refractivity contribution in [1.29, 1.82) is 0 Å². The molecule has 1 amide bonds. The van der Waals surface area contributed by atoms with Gasteiger partial charge in [-0.05, 0) is 55.8 Å². The molecule has 0 radical (unpaired) electrons. The lowest BCUT2D eigenvalue weighted by atomic mass is 10.2. The minimum absolute atomic E-state index is 0.112. The molecule has 0 saturated carbocycles. The van der Waals surface area contributed by atoms with E-state index in [0.29, 0.717) is 27.1 Å². The van der Waals surface area contributed by atoms with Gasteiger partial charge in [0.25, 0.3) is 5.91 Å². The molecule has 1 aliphatic rings. The van der Waals surface area contributed by atoms with Gasteiger partial charge in [0, 0.05) is 10.6 Å². The monoisotopic (exact) mass is 374 g/mol. The maximum absolute atomic E-state index is 12.2. The summed E-state index contributed by atoms with van der Waals surface area (Å²) in [6.07, 6.45) is 1.83. The van der Waals surface area contributed by atoms with Crippen molar-refractivity contribution in [2.75, 3.05) is 0 Å². The van der Waals surface area contributed by atoms with Gasteiger partial charge >= 0.3 is 0 Å². The Bertz CT molecular complexity index is 871. The van der Waals surface area contributed by atoms with E-state index in [1.165, 1.54) is 0 Å². The Kier molecular flexibility index (Phi) is 5.11. The predicted octanol–water partition coefficient (Wildman–Crippen LogP) is 4.70. The summed E-state index contributed by atoms with van der Waals surface area (Å²) < 4.78 is 5.61. The van der Waals surface area contributed by atoms with Crippen molar-refractivity contribution >= 4 is 41.0 Å². The summed E-state index contributed by atoms with van der Waals surface area (Å²) in [5.41, 5.74) is 1.80. The Hall–Kier alpha value is -2.30. The van der Waals surface area contributed by atoms with E-state index < -0.39 is 0 Å². The van der Waals surface area contributed by atoms with Crippen LogP contribution in [0, 0.1) is 0 Å². The lowest BCUT2D eigenvalue weighted by Crippen LogP contribution is -2.24. The topological polar surface area (TPSA) is 50.7 Å². The quantitative estimate of drug-likeness (QED) is 0.788. The van der Waals surface area contributed by atoms with Crippen LogP contribution in [-0.2, 0) is 4.79 Å². The van der Waals surface area contributed by atoms with Gasteiger partial charge in [-0.3, -0.25) is 4.79 Å². The summed E-state index contributed by atoms with van der Waals surface area (Å²) in [7, 11) is 0. The van der Waals surface area contributed by atoms with E-state index in [1.807, 2.05) is 38.1 Å². The minimum Gasteiger partial charge on any atom is -0.491 e. The van der Waals surface area contributed by atoms with E-state index in [4.69, 9.17) is 27.9 Å². The van der Waals surface area contributed by atoms with Crippen molar-refractivity contribution in [3.8, 4) is 5.75 Å². The molecule has 1 aliphatic heterocycles. The molecule has 0 fully saturated rings. The standard InChI is InChI=1S/C19H16Cl2N2O2/c1-11(2)25-14-6-3-12(4-7-14)9-17-19(24)23-18(22-17)15-8-5-13(20)10-16(15)21/h3-11H,1-2H3,(H,22,23,24). The zero-order chi connectivity index (χ0) is 18.0. The van der Waals surface area contributed by atoms with Crippen molar-refractivity contribution in [1.82, 2.24) is 5.32 Å². The van der Waals surface area contributed by atoms with Gasteiger partial charge in [-0.1, -0.05) is 35.3 Å². The van der Waals surface area contributed by atoms with Gasteiger partial charge in [0.2, 0.25) is 0 Å². The number of rotatable bonds is 4. The molecule has 0 saturated heterocycles. The van der Waals surface area contributed by atoms with Crippen molar-refractivity contribution < 1.29 is 9.53 Å². The number of nitrogens with zero attached hydrogens (tertiary/aromatic N) is 1. The highest BCUT2D eigenvalue weighted by molar-refractivity contribution is 6.37. The van der Waals surface area contributed by atoms with Crippen LogP contribution in [0.25, 0.3) is 6.08 Å². The first-order valence-corrected chi connectivity index (χ1v) is 8.52. The van der Waals surface area contributed by atoms with Crippen LogP contribution in [0.15, 0.2) is 53.2 Å². The Morgan fingerprint density at radius 2 is 1.84 bits per heavy atom. The summed E-state index contributed by atoms with van der Waals surface area (Å²) in [6, 6.07) is 12.5. The van der Waals surface area contributed by atoms with E-state index in [9.17, 15) is 4.79 Å². The number of amides is 1. The van der Waals surface area contributed by atoms with Crippen LogP contribution in [-0.4, -0.2) is 17.8 Å². The molecule has 0 aromatic heterocycles. The van der Waals surface area contributed by atoms with Crippen LogP contribution in [0.2, 0.25) is 10.0 Å². The molecule has 0 bridgehead atoms. The zero-order valence-electron chi connectivity index (χ0n) is 13.7. The predicted molar refractivity (Wildman–Crippen MR) is 101 cm³/mol. The highest BCUT2D eigenvalue weighted by Gasteiger charge is 2.22. The third-order valence-corrected chi connectivity index (χ3v) is 3.99. The Morgan fingerprint density at radius 1 is 1.12 bits per heavy atom. The molecule has 1 heterocycles. The second kappa shape index (κ2) is 7.30. The Labute approximate surface area is 156 Å². The second-order valence-electron chi connectivity index (χ2n) is 5.80. The summed E-state index contributed by atoms with van der Waals surface area (Å²) >= 11 is 12.1. The number of carbonyl (C=O) groups excluding carboxylic acids is 1. The van der Waals surface area contributed by atoms with Gasteiger partial charge in [-0.2, -0.15) is 0 Å². The first-order chi connectivity index (χ1) is 11.9. The summed E-state index contributed by atoms with van der Waals surface area (Å²) in [6.45, 7) is 3.94. The van der Waals surface area contributed by atoms with Crippen molar-refractivity contribution in [3.63, 3.8) is 0 Å². The highest BCUT2D eigenvalue weighted by Crippen LogP contribution is 2.24. The van der Waals surface area contributed by atoms with Gasteiger partial charge in [-0.15, -0.1) is 0 Å². The molecule has 0 spiro atoms. The third-order valence-electron chi connectivity index (χ3n) is 3.44. The normalized spacial score (nSPS) is 15.5. The van der Waals surface area contributed by atoms with Crippen LogP contribution in [0.5, 0.6) is 5.75 Å². The van der Waals surface area contributed by atoms with Gasteiger partial charge in [0.1, 0.15) is 17.3 Å². The van der Waals surface area contributed by atoms with Crippen LogP contribution in [0.1, 0.15) is 25.0 Å². The number of hydrogen-bond donors (Lipinski definition) is 1. The van der Waals surface area contributed by atoms with Crippen LogP contribution < -0.4 is 10.1 Å². The molecule has 0 unspecified atom stereocenters. The molecule has 1 N–H and O–H groups in total. The van der Waals surface area contributed by atoms with Crippen molar-refractivity contribution in [2.45, 2.75) is 20.0 Å². The number of ether oxygens (including phenoxy) is 1. The fourth-order valence-electron chi connectivity index (χ4n) is 2.35. The summed E-state index contributed by atoms with van der Waals surface area (Å²) in [5, 5.41) is 3.69. The number of halogens is 2. The number of nitrogens with one attached hydrogen (secondary N) is 1. The Morgan fingerprint density at radius 3 is 2.48 bits per heavy atom. The number of aliphatic imine (C=N–C) groups is 1. The van der Waals surface area contributed by atoms with Crippen LogP contribution in [0.4, 0.5) is 0 Å². The molecule has 0 atom stereocenters. The highest BCUT2D eigenvalue weighted by atomic mass is 35.5. The van der Waals surface area contributed by atoms with Crippen molar-refractivity contribution in [3.05, 3.63) is 69.3 Å². The molecular weight excluding hydrogens is 359 g/mol. The molecular formula is C19H16Cl2N2O2. The lowest BCUT2D eigenvalue weighted by molar-refractivity contribution is -0.115. The maximum atomic E-state index is 12.2. The molecule has 3 rings (SSSR count). The van der Waals surface area contributed by atoms with E-state index in [1.54, 1.807) is 24.3 Å². The third kappa shape index (κ3) is 4.21. The molecule has 4 nitrogen and oxygen atoms in total. The number of hydrogen-bond acceptors (Lipinski definition) is 3. The van der Waals surface area contributed by atoms with Gasteiger partial charge in [0.15, 0.2) is 0 Å². The molecule has 0 aliphatic carbocycles. The minimum atomic E-state index is -0.275. The first kappa shape index (κ1) is 17.5. The number of benzene rings is 2. The van der Waals surface area contributed by atoms with Crippen LogP contribution in [0.3, 0.4) is 0 Å². The van der Waals surface area contributed by atoms with Gasteiger partial charge < -0.3 is 10.1 Å².